The number of likely N-dealkylation sites (N-methyl/N-ethyl adjacent to an activating group) is 2. The molecule has 0 radical (unpaired) electrons. The summed E-state index contributed by atoms with van der Waals surface area (Å²) in [6.07, 6.45) is 0.823. The average Bonchev–Trinajstić information content (AvgIpc) is 3.21. The predicted octanol–water partition coefficient (Wildman–Crippen LogP) is -0.0573. The van der Waals surface area contributed by atoms with Gasteiger partial charge in [-0.3, -0.25) is 9.59 Å². The van der Waals surface area contributed by atoms with E-state index in [1.54, 1.807) is 22.8 Å². The lowest BCUT2D eigenvalue weighted by atomic mass is 10.4. The molecule has 0 saturated carbocycles. The van der Waals surface area contributed by atoms with Crippen LogP contribution in [0, 0.1) is 0 Å². The first-order valence-electron chi connectivity index (χ1n) is 8.87. The van der Waals surface area contributed by atoms with Gasteiger partial charge in [0.2, 0.25) is 6.41 Å². The van der Waals surface area contributed by atoms with Gasteiger partial charge in [0.1, 0.15) is 5.69 Å². The first-order valence-corrected chi connectivity index (χ1v) is 9.81. The number of amides is 2. The maximum atomic E-state index is 11.6. The summed E-state index contributed by atoms with van der Waals surface area (Å²) >= 11 is 1.39. The Morgan fingerprint density at radius 1 is 1.07 bits per heavy atom. The van der Waals surface area contributed by atoms with Gasteiger partial charge in [-0.05, 0) is 7.05 Å². The molecule has 1 heterocycles. The number of carbonyl (C=O) groups excluding carboxylic acids is 2. The van der Waals surface area contributed by atoms with Crippen molar-refractivity contribution in [2.75, 3.05) is 79.9 Å². The lowest BCUT2D eigenvalue weighted by Crippen LogP contribution is -2.32. The van der Waals surface area contributed by atoms with Crippen molar-refractivity contribution in [2.45, 2.75) is 0 Å². The minimum absolute atomic E-state index is 0.186. The molecule has 0 aliphatic heterocycles. The van der Waals surface area contributed by atoms with Gasteiger partial charge >= 0.3 is 0 Å². The van der Waals surface area contributed by atoms with E-state index in [-0.39, 0.29) is 5.91 Å². The maximum Gasteiger partial charge on any atom is 0.270 e. The number of hydrogen-bond donors (Lipinski definition) is 1. The van der Waals surface area contributed by atoms with Gasteiger partial charge in [-0.15, -0.1) is 11.3 Å². The standard InChI is InChI=1S/C17H30N4O5S/c1-20(4-5-21(2)15-22)6-8-25-10-12-26-11-9-24-7-3-18-17(23)16-13-27-14-19-16/h13-15H,3-12H2,1-2H3,(H,18,23). The SMILES string of the molecule is CN(C=O)CCN(C)CCOCCOCCOCCNC(=O)c1cscn1. The van der Waals surface area contributed by atoms with Gasteiger partial charge < -0.3 is 29.3 Å². The van der Waals surface area contributed by atoms with Crippen molar-refractivity contribution in [3.05, 3.63) is 16.6 Å². The fourth-order valence-corrected chi connectivity index (χ4v) is 2.44. The molecule has 0 aliphatic rings. The van der Waals surface area contributed by atoms with E-state index in [1.165, 1.54) is 11.3 Å². The quantitative estimate of drug-likeness (QED) is 0.288. The molecule has 1 aromatic heterocycles. The Morgan fingerprint density at radius 3 is 2.37 bits per heavy atom. The molecule has 0 atom stereocenters. The molecule has 1 rings (SSSR count). The van der Waals surface area contributed by atoms with Gasteiger partial charge in [0, 0.05) is 38.6 Å². The third-order valence-corrected chi connectivity index (χ3v) is 4.16. The molecule has 0 fully saturated rings. The van der Waals surface area contributed by atoms with Crippen molar-refractivity contribution in [3.63, 3.8) is 0 Å². The topological polar surface area (TPSA) is 93.2 Å². The number of aromatic nitrogens is 1. The second kappa shape index (κ2) is 15.5. The molecular weight excluding hydrogens is 372 g/mol. The van der Waals surface area contributed by atoms with Crippen LogP contribution in [0.1, 0.15) is 10.5 Å². The van der Waals surface area contributed by atoms with Crippen molar-refractivity contribution in [3.8, 4) is 0 Å². The van der Waals surface area contributed by atoms with Crippen molar-refractivity contribution >= 4 is 23.7 Å². The highest BCUT2D eigenvalue weighted by atomic mass is 32.1. The van der Waals surface area contributed by atoms with Crippen LogP contribution < -0.4 is 5.32 Å². The molecule has 1 aromatic rings. The summed E-state index contributed by atoms with van der Waals surface area (Å²) in [5.74, 6) is -0.186. The van der Waals surface area contributed by atoms with Crippen LogP contribution in [0.15, 0.2) is 10.9 Å². The maximum absolute atomic E-state index is 11.6. The van der Waals surface area contributed by atoms with Crippen LogP contribution in [0.25, 0.3) is 0 Å². The fourth-order valence-electron chi connectivity index (χ4n) is 1.91. The third kappa shape index (κ3) is 12.4. The molecule has 0 saturated heterocycles. The van der Waals surface area contributed by atoms with Gasteiger partial charge in [0.15, 0.2) is 0 Å². The van der Waals surface area contributed by atoms with Gasteiger partial charge in [0.25, 0.3) is 5.91 Å². The molecule has 10 heteroatoms. The molecule has 0 spiro atoms. The van der Waals surface area contributed by atoms with Gasteiger partial charge in [-0.25, -0.2) is 4.98 Å². The zero-order valence-electron chi connectivity index (χ0n) is 16.1. The summed E-state index contributed by atoms with van der Waals surface area (Å²) in [5.41, 5.74) is 2.06. The van der Waals surface area contributed by atoms with Crippen LogP contribution in [0.4, 0.5) is 0 Å². The van der Waals surface area contributed by atoms with Crippen LogP contribution >= 0.6 is 11.3 Å². The lowest BCUT2D eigenvalue weighted by Gasteiger charge is -2.19. The minimum atomic E-state index is -0.186. The Balaban J connectivity index is 1.80. The average molecular weight is 403 g/mol. The highest BCUT2D eigenvalue weighted by molar-refractivity contribution is 7.07. The predicted molar refractivity (Wildman–Crippen MR) is 103 cm³/mol. The van der Waals surface area contributed by atoms with Crippen molar-refractivity contribution in [2.24, 2.45) is 0 Å². The molecule has 2 amide bonds. The number of thiazole rings is 1. The van der Waals surface area contributed by atoms with E-state index < -0.39 is 0 Å². The highest BCUT2D eigenvalue weighted by Crippen LogP contribution is 1.99. The monoisotopic (exact) mass is 402 g/mol. The summed E-state index contributed by atoms with van der Waals surface area (Å²) in [6, 6.07) is 0. The Morgan fingerprint density at radius 2 is 1.74 bits per heavy atom. The zero-order valence-corrected chi connectivity index (χ0v) is 16.9. The Bertz CT molecular complexity index is 504. The fraction of sp³-hybridized carbons (Fsp3) is 0.706. The Kier molecular flexibility index (Phi) is 13.4. The molecule has 1 N–H and O–H groups in total. The van der Waals surface area contributed by atoms with E-state index in [9.17, 15) is 9.59 Å². The molecule has 9 nitrogen and oxygen atoms in total. The van der Waals surface area contributed by atoms with Crippen LogP contribution in [-0.2, 0) is 19.0 Å². The van der Waals surface area contributed by atoms with Crippen molar-refractivity contribution in [1.29, 1.82) is 0 Å². The summed E-state index contributed by atoms with van der Waals surface area (Å²) < 4.78 is 16.3. The number of ether oxygens (including phenoxy) is 3. The molecule has 0 aliphatic carbocycles. The Labute approximate surface area is 164 Å². The molecule has 0 bridgehead atoms. The normalized spacial score (nSPS) is 10.9. The van der Waals surface area contributed by atoms with Crippen molar-refractivity contribution < 1.29 is 23.8 Å². The molecule has 0 unspecified atom stereocenters. The summed E-state index contributed by atoms with van der Waals surface area (Å²) in [6.45, 7) is 5.84. The highest BCUT2D eigenvalue weighted by Gasteiger charge is 2.05. The first kappa shape index (κ1) is 23.4. The van der Waals surface area contributed by atoms with Gasteiger partial charge in [-0.2, -0.15) is 0 Å². The van der Waals surface area contributed by atoms with Gasteiger partial charge in [0.05, 0.1) is 45.2 Å². The minimum Gasteiger partial charge on any atom is -0.378 e. The lowest BCUT2D eigenvalue weighted by molar-refractivity contribution is -0.117. The van der Waals surface area contributed by atoms with E-state index in [0.29, 0.717) is 58.4 Å². The number of carbonyl (C=O) groups is 2. The van der Waals surface area contributed by atoms with E-state index in [0.717, 1.165) is 19.5 Å². The summed E-state index contributed by atoms with van der Waals surface area (Å²) in [7, 11) is 3.76. The number of hydrogen-bond acceptors (Lipinski definition) is 8. The smallest absolute Gasteiger partial charge is 0.270 e. The van der Waals surface area contributed by atoms with Crippen LogP contribution in [0.3, 0.4) is 0 Å². The first-order chi connectivity index (χ1) is 13.1. The van der Waals surface area contributed by atoms with Crippen LogP contribution in [-0.4, -0.2) is 107 Å². The van der Waals surface area contributed by atoms with Crippen molar-refractivity contribution in [1.82, 2.24) is 20.1 Å². The Hall–Kier alpha value is -1.59. The van der Waals surface area contributed by atoms with Crippen LogP contribution in [0.5, 0.6) is 0 Å². The molecular formula is C17H30N4O5S. The second-order valence-electron chi connectivity index (χ2n) is 5.86. The van der Waals surface area contributed by atoms with Crippen LogP contribution in [0.2, 0.25) is 0 Å². The number of rotatable bonds is 17. The number of nitrogens with zero attached hydrogens (tertiary/aromatic N) is 3. The molecule has 154 valence electrons. The van der Waals surface area contributed by atoms with Gasteiger partial charge in [-0.1, -0.05) is 0 Å². The largest absolute Gasteiger partial charge is 0.378 e. The summed E-state index contributed by atoms with van der Waals surface area (Å²) in [5, 5.41) is 4.44. The van der Waals surface area contributed by atoms with E-state index in [4.69, 9.17) is 14.2 Å². The number of nitrogens with one attached hydrogen (secondary N) is 1. The van der Waals surface area contributed by atoms with E-state index >= 15 is 0 Å². The summed E-state index contributed by atoms with van der Waals surface area (Å²) in [4.78, 5) is 29.8. The van der Waals surface area contributed by atoms with E-state index in [1.807, 2.05) is 7.05 Å². The van der Waals surface area contributed by atoms with E-state index in [2.05, 4.69) is 15.2 Å². The third-order valence-electron chi connectivity index (χ3n) is 3.57. The molecule has 27 heavy (non-hydrogen) atoms. The zero-order chi connectivity index (χ0) is 19.7. The second-order valence-corrected chi connectivity index (χ2v) is 6.57. The molecule has 0 aromatic carbocycles.